The molecule has 15 rings (SSSR count). The van der Waals surface area contributed by atoms with Crippen LogP contribution >= 0.6 is 11.6 Å². The van der Waals surface area contributed by atoms with Crippen LogP contribution in [0.5, 0.6) is 46.0 Å². The first-order valence-corrected chi connectivity index (χ1v) is 42.3. The molecule has 41 heteroatoms. The quantitative estimate of drug-likeness (QED) is 0.0162. The number of nitrogens with one attached hydrogen (secondary N) is 9. The standard InChI is InChI=1S/C89H105ClN12O28/c1-39(2)25-54(93-7)81(115)99-70-72(109)47-20-24-59(53(90)28-47)126-61-30-48-29-60(77(61)130-87-78(75(112)74(111)62(37-103)127-87)129-65-35-89(6,101-102-121)80(114)41(4)124-65)125-50-21-17-45(18-22-50)76(128-64-34-88(5,92)79(113)40(3)123-64)71-86(120)98-69(73(110)58(107)36-94-122-38-44-15-13-43(14-16-44)26-42-11-9-8-10-12-42)52-31-49(104)32-57(106)66(52)51-27-46(19-23-56(51)105)67(83(117)100-71)97-84(118)68(48)96-82(116)55(33-63(91)108)95-85(70)119/h8-24,27-32,39-41,54-55,62,64-65,67-72,74-76,78-80,87,93-94,101,103-106,109,111-114H,25-26,33-38,92,102H2,1-7H3,(H2,91,108)(H,95,119)(H,96,116)(H,97,118)(H,98,120)(H,99,115)(H,100,117)/t40-,41-,54+,55-,62+,64-,65-,67+,68+,69-,70+,71-,72?,74+,75-,76+,78+,79-,80-,87-,88-,89-/m0/s1. The van der Waals surface area contributed by atoms with E-state index in [1.54, 1.807) is 12.1 Å². The molecule has 696 valence electrons. The number of quaternary nitrogens is 1. The van der Waals surface area contributed by atoms with E-state index in [0.29, 0.717) is 17.6 Å². The van der Waals surface area contributed by atoms with Gasteiger partial charge in [-0.05, 0) is 153 Å². The summed E-state index contributed by atoms with van der Waals surface area (Å²) in [6, 6.07) is 18.1. The van der Waals surface area contributed by atoms with Gasteiger partial charge in [-0.15, -0.1) is 0 Å². The van der Waals surface area contributed by atoms with Crippen LogP contribution in [0, 0.1) is 11.1 Å². The lowest BCUT2D eigenvalue weighted by Gasteiger charge is -2.47. The lowest BCUT2D eigenvalue weighted by atomic mass is 9.86. The van der Waals surface area contributed by atoms with Crippen LogP contribution in [-0.4, -0.2) is 222 Å². The van der Waals surface area contributed by atoms with Crippen molar-refractivity contribution >= 4 is 64.5 Å². The molecule has 11 bridgehead atoms. The van der Waals surface area contributed by atoms with Gasteiger partial charge in [0.25, 0.3) is 0 Å². The highest BCUT2D eigenvalue weighted by molar-refractivity contribution is 6.40. The summed E-state index contributed by atoms with van der Waals surface area (Å²) in [5.41, 5.74) is 14.9. The first kappa shape index (κ1) is 96.1. The molecule has 0 aliphatic carbocycles. The molecule has 3 saturated heterocycles. The minimum Gasteiger partial charge on any atom is -0.615 e. The second-order valence-corrected chi connectivity index (χ2v) is 34.2. The largest absolute Gasteiger partial charge is 0.615 e. The number of benzene rings is 7. The van der Waals surface area contributed by atoms with Crippen LogP contribution in [0.2, 0.25) is 5.02 Å². The molecule has 8 aliphatic heterocycles. The predicted octanol–water partition coefficient (Wildman–Crippen LogP) is 0.663. The van der Waals surface area contributed by atoms with Gasteiger partial charge in [0.15, 0.2) is 30.2 Å². The van der Waals surface area contributed by atoms with E-state index in [2.05, 4.69) is 48.1 Å². The van der Waals surface area contributed by atoms with E-state index >= 15 is 28.8 Å². The van der Waals surface area contributed by atoms with Gasteiger partial charge in [0.05, 0.1) is 61.1 Å². The number of phenols is 3. The van der Waals surface area contributed by atoms with E-state index in [9.17, 15) is 65.5 Å². The number of fused-ring (bicyclic) bond motifs is 15. The summed E-state index contributed by atoms with van der Waals surface area (Å²) in [5.74, 6) is -17.0. The number of rotatable bonds is 25. The minimum absolute atomic E-state index is 0.0835. The van der Waals surface area contributed by atoms with Crippen LogP contribution in [0.15, 0.2) is 140 Å². The smallest absolute Gasteiger partial charge is 0.248 e. The number of aliphatic hydroxyl groups excluding tert-OH is 6. The summed E-state index contributed by atoms with van der Waals surface area (Å²) in [7, 11) is 1.47. The van der Waals surface area contributed by atoms with Crippen molar-refractivity contribution in [1.29, 1.82) is 0 Å². The lowest BCUT2D eigenvalue weighted by molar-refractivity contribution is -0.666. The Morgan fingerprint density at radius 3 is 1.97 bits per heavy atom. The van der Waals surface area contributed by atoms with Crippen molar-refractivity contribution in [3.05, 3.63) is 194 Å². The Labute approximate surface area is 749 Å². The number of hydrogen-bond acceptors (Lipinski definition) is 32. The zero-order chi connectivity index (χ0) is 93.6. The predicted molar refractivity (Wildman–Crippen MR) is 456 cm³/mol. The summed E-state index contributed by atoms with van der Waals surface area (Å²) in [6.45, 7) is 7.49. The SMILES string of the molecule is CN[C@H](CC(C)C)C(=O)N[C@H]1C(=O)N[C@@H](CC(N)=O)C(=O)N[C@H]2C(=O)N[C@H]3C(=O)N[C@H](C(=O)N[C@H](C(=O)C(=O)CNOCc4ccc(Cc5ccccc5)cc4)c4cc(O)cc(O)c4-c4cc3ccc4O)[C@H](O[C@H]3C[C@](C)(N)[C@@H](O)[C@H](C)O3)c3ccc(cc3)Oc3cc2cc(c3O[C@@H]2O[C@H](CO)[C@@H](O)[C@H](O)[C@H]2O[C@H]2C[C@](C)(N[NH2+][O-])[C@@H](O)[C@H](C)O2)Oc2ccc(cc2Cl)C1O. The van der Waals surface area contributed by atoms with E-state index in [0.717, 1.165) is 59.7 Å². The molecule has 0 saturated carbocycles. The normalized spacial score (nSPS) is 29.0. The first-order valence-electron chi connectivity index (χ1n) is 41.9. The zero-order valence-electron chi connectivity index (χ0n) is 71.5. The maximum absolute atomic E-state index is 16.6. The van der Waals surface area contributed by atoms with E-state index in [4.69, 9.17) is 65.8 Å². The van der Waals surface area contributed by atoms with Crippen LogP contribution in [0.1, 0.15) is 142 Å². The van der Waals surface area contributed by atoms with E-state index < -0.39 is 263 Å². The number of nitrogens with two attached hydrogens (primary N) is 3. The summed E-state index contributed by atoms with van der Waals surface area (Å²) in [4.78, 5) is 144. The number of ether oxygens (including phenoxy) is 8. The third-order valence-electron chi connectivity index (χ3n) is 23.6. The topological polar surface area (TPSA) is 619 Å². The summed E-state index contributed by atoms with van der Waals surface area (Å²) in [5, 5.41) is 136. The van der Waals surface area contributed by atoms with Crippen molar-refractivity contribution in [2.75, 3.05) is 20.2 Å². The number of phenolic OH excluding ortho intramolecular Hbond substituents is 3. The molecule has 1 unspecified atom stereocenters. The van der Waals surface area contributed by atoms with Crippen molar-refractivity contribution in [1.82, 2.24) is 48.1 Å². The number of primary amides is 1. The Kier molecular flexibility index (Phi) is 30.2. The molecule has 3 fully saturated rings. The molecular weight excluding hydrogens is 1720 g/mol. The van der Waals surface area contributed by atoms with E-state index in [-0.39, 0.29) is 65.0 Å². The molecule has 22 atom stereocenters. The Balaban J connectivity index is 1.00. The van der Waals surface area contributed by atoms with Crippen molar-refractivity contribution in [3.63, 3.8) is 0 Å². The van der Waals surface area contributed by atoms with E-state index in [1.165, 1.54) is 71.1 Å². The summed E-state index contributed by atoms with van der Waals surface area (Å²) in [6.07, 6.45) is -22.9. The molecule has 0 aromatic heterocycles. The number of halogens is 1. The lowest BCUT2D eigenvalue weighted by Crippen LogP contribution is -2.94. The van der Waals surface area contributed by atoms with Gasteiger partial charge in [-0.25, -0.2) is 0 Å². The number of Topliss-reactive ketones (excluding diaryl/α,β-unsaturated/α-hetero) is 2. The van der Waals surface area contributed by atoms with Crippen molar-refractivity contribution < 1.29 is 137 Å². The van der Waals surface area contributed by atoms with Gasteiger partial charge in [-0.1, -0.05) is 104 Å². The number of carbonyl (C=O) groups excluding carboxylic acids is 9. The average molecular weight is 1830 g/mol. The van der Waals surface area contributed by atoms with Crippen LogP contribution in [0.3, 0.4) is 0 Å². The fourth-order valence-electron chi connectivity index (χ4n) is 16.6. The number of hydrogen-bond donors (Lipinski definition) is 21. The number of aromatic hydroxyl groups is 3. The van der Waals surface area contributed by atoms with Gasteiger partial charge >= 0.3 is 0 Å². The highest BCUT2D eigenvalue weighted by Gasteiger charge is 2.54. The fraction of sp³-hybridized carbons (Fsp3) is 0.427. The molecule has 7 aromatic rings. The van der Waals surface area contributed by atoms with Gasteiger partial charge < -0.3 is 143 Å². The van der Waals surface area contributed by atoms with Crippen LogP contribution in [-0.2, 0) is 84.7 Å². The monoisotopic (exact) mass is 1820 g/mol. The Morgan fingerprint density at radius 2 is 1.31 bits per heavy atom. The molecule has 130 heavy (non-hydrogen) atoms. The molecule has 24 N–H and O–H groups in total. The Hall–Kier alpha value is -11.5. The third kappa shape index (κ3) is 21.7. The molecule has 7 aromatic carbocycles. The maximum Gasteiger partial charge on any atom is 0.248 e. The fourth-order valence-corrected chi connectivity index (χ4v) is 16.8. The van der Waals surface area contributed by atoms with Gasteiger partial charge in [0.2, 0.25) is 65.0 Å². The molecule has 0 radical (unpaired) electrons. The molecule has 0 spiro atoms. The van der Waals surface area contributed by atoms with Gasteiger partial charge in [0, 0.05) is 35.6 Å². The molecular formula is C89H105ClN12O28. The van der Waals surface area contributed by atoms with Gasteiger partial charge in [0.1, 0.15) is 102 Å². The van der Waals surface area contributed by atoms with Crippen LogP contribution in [0.25, 0.3) is 11.1 Å². The number of carbonyl (C=O) groups is 9. The first-order chi connectivity index (χ1) is 61.8. The van der Waals surface area contributed by atoms with Crippen molar-refractivity contribution in [3.8, 4) is 57.1 Å². The number of hydroxylamine groups is 1. The maximum atomic E-state index is 16.6. The highest BCUT2D eigenvalue weighted by Crippen LogP contribution is 2.50. The third-order valence-corrected chi connectivity index (χ3v) is 23.9. The zero-order valence-corrected chi connectivity index (χ0v) is 72.2. The number of likely N-dealkylation sites (N-methyl/N-ethyl adjacent to an activating group) is 1. The molecule has 40 nitrogen and oxygen atoms in total. The van der Waals surface area contributed by atoms with Gasteiger partial charge in [-0.3, -0.25) is 48.0 Å². The Bertz CT molecular complexity index is 5340. The van der Waals surface area contributed by atoms with Crippen LogP contribution < -0.4 is 79.4 Å². The Morgan fingerprint density at radius 1 is 0.669 bits per heavy atom. The summed E-state index contributed by atoms with van der Waals surface area (Å²) < 4.78 is 52.3. The number of aliphatic hydroxyl groups is 6. The summed E-state index contributed by atoms with van der Waals surface area (Å²) >= 11 is 7.20. The average Bonchev–Trinajstić information content (AvgIpc) is 0.787. The van der Waals surface area contributed by atoms with Crippen molar-refractivity contribution in [2.24, 2.45) is 17.4 Å². The molecule has 7 amide bonds. The van der Waals surface area contributed by atoms with Gasteiger partial charge in [-0.2, -0.15) is 10.9 Å². The molecule has 8 aliphatic rings. The van der Waals surface area contributed by atoms with Crippen LogP contribution in [0.4, 0.5) is 0 Å². The minimum atomic E-state index is -2.40. The number of ketones is 2. The second-order valence-electron chi connectivity index (χ2n) is 33.8. The van der Waals surface area contributed by atoms with Crippen molar-refractivity contribution in [2.45, 2.75) is 214 Å². The number of amides is 7. The van der Waals surface area contributed by atoms with E-state index in [1.807, 2.05) is 56.3 Å². The second kappa shape index (κ2) is 40.9. The highest BCUT2D eigenvalue weighted by atomic mass is 35.5. The molecule has 8 heterocycles.